The summed E-state index contributed by atoms with van der Waals surface area (Å²) in [5.74, 6) is 0.873. The van der Waals surface area contributed by atoms with Crippen molar-refractivity contribution < 1.29 is 23.6 Å². The number of hydrogen-bond acceptors (Lipinski definition) is 7. The molecule has 2 aromatic rings. The summed E-state index contributed by atoms with van der Waals surface area (Å²) in [5, 5.41) is 6.77. The summed E-state index contributed by atoms with van der Waals surface area (Å²) in [6.45, 7) is 13.3. The Hall–Kier alpha value is -3.43. The Balaban J connectivity index is 1.68. The fourth-order valence-corrected chi connectivity index (χ4v) is 4.25. The highest BCUT2D eigenvalue weighted by Gasteiger charge is 2.38. The number of alkyl carbamates (subject to hydrolysis) is 1. The van der Waals surface area contributed by atoms with Crippen LogP contribution in [-0.4, -0.2) is 50.9 Å². The van der Waals surface area contributed by atoms with Gasteiger partial charge in [0.2, 0.25) is 17.7 Å². The molecule has 220 valence electrons. The van der Waals surface area contributed by atoms with Gasteiger partial charge in [-0.1, -0.05) is 68.4 Å². The number of nitrogens with one attached hydrogen (secondary N) is 1. The maximum absolute atomic E-state index is 12.5. The Morgan fingerprint density at radius 2 is 1.65 bits per heavy atom. The van der Waals surface area contributed by atoms with Crippen LogP contribution >= 0.6 is 0 Å². The van der Waals surface area contributed by atoms with E-state index in [0.717, 1.165) is 12.0 Å². The number of benzene rings is 1. The van der Waals surface area contributed by atoms with Gasteiger partial charge in [-0.25, -0.2) is 9.59 Å². The maximum Gasteiger partial charge on any atom is 0.437 e. The minimum absolute atomic E-state index is 0.0125. The van der Waals surface area contributed by atoms with Crippen LogP contribution in [0.1, 0.15) is 111 Å². The summed E-state index contributed by atoms with van der Waals surface area (Å²) in [5.41, 5.74) is 0.699. The molecule has 0 radical (unpaired) electrons. The number of ether oxygens (including phenoxy) is 2. The summed E-state index contributed by atoms with van der Waals surface area (Å²) in [7, 11) is 0. The Morgan fingerprint density at radius 1 is 1.00 bits per heavy atom. The summed E-state index contributed by atoms with van der Waals surface area (Å²) in [6.07, 6.45) is 7.84. The van der Waals surface area contributed by atoms with Gasteiger partial charge >= 0.3 is 12.2 Å². The quantitative estimate of drug-likeness (QED) is 0.196. The zero-order valence-electron chi connectivity index (χ0n) is 25.1. The predicted octanol–water partition coefficient (Wildman–Crippen LogP) is 7.20. The van der Waals surface area contributed by atoms with Crippen LogP contribution in [-0.2, 0) is 15.9 Å². The minimum atomic E-state index is -0.823. The summed E-state index contributed by atoms with van der Waals surface area (Å²) < 4.78 is 16.3. The molecule has 0 bridgehead atoms. The number of carbonyl (C=O) groups excluding carboxylic acids is 2. The average molecular weight is 556 g/mol. The minimum Gasteiger partial charge on any atom is -0.444 e. The fraction of sp³-hybridized carbons (Fsp3) is 0.633. The first-order valence-corrected chi connectivity index (χ1v) is 14.4. The Morgan fingerprint density at radius 3 is 2.25 bits per heavy atom. The van der Waals surface area contributed by atoms with Crippen LogP contribution < -0.4 is 5.32 Å². The van der Waals surface area contributed by atoms with Crippen LogP contribution in [0.4, 0.5) is 9.59 Å². The molecule has 1 fully saturated rings. The van der Waals surface area contributed by atoms with E-state index in [4.69, 9.17) is 14.0 Å². The van der Waals surface area contributed by atoms with E-state index in [-0.39, 0.29) is 12.0 Å². The molecule has 1 N–H and O–H groups in total. The third-order valence-corrected chi connectivity index (χ3v) is 6.25. The molecule has 1 aromatic carbocycles. The third kappa shape index (κ3) is 9.95. The number of aromatic nitrogens is 2. The van der Waals surface area contributed by atoms with Crippen LogP contribution in [0.25, 0.3) is 11.4 Å². The number of guanidine groups is 1. The normalized spacial score (nSPS) is 15.9. The van der Waals surface area contributed by atoms with Crippen molar-refractivity contribution in [3.63, 3.8) is 0 Å². The monoisotopic (exact) mass is 555 g/mol. The number of rotatable bonds is 9. The Bertz CT molecular complexity index is 1140. The van der Waals surface area contributed by atoms with Crippen molar-refractivity contribution in [3.8, 4) is 11.4 Å². The maximum atomic E-state index is 12.5. The van der Waals surface area contributed by atoms with Gasteiger partial charge in [-0.05, 0) is 66.4 Å². The molecule has 0 unspecified atom stereocenters. The van der Waals surface area contributed by atoms with Crippen molar-refractivity contribution in [1.82, 2.24) is 20.4 Å². The SMILES string of the molecule is CCCCCCCCc1ccc(-c2noc([C@@H]3CCN3C(=NC(=O)OC(C)(C)C)NC(=O)OC(C)(C)C)n2)cc1. The molecule has 10 nitrogen and oxygen atoms in total. The van der Waals surface area contributed by atoms with Gasteiger partial charge in [0.15, 0.2) is 0 Å². The van der Waals surface area contributed by atoms with Crippen molar-refractivity contribution in [2.45, 2.75) is 117 Å². The van der Waals surface area contributed by atoms with Crippen molar-refractivity contribution in [1.29, 1.82) is 0 Å². The number of carbonyl (C=O) groups is 2. The lowest BCUT2D eigenvalue weighted by Gasteiger charge is -2.40. The van der Waals surface area contributed by atoms with E-state index in [9.17, 15) is 9.59 Å². The Labute approximate surface area is 237 Å². The van der Waals surface area contributed by atoms with Gasteiger partial charge in [0.1, 0.15) is 17.2 Å². The molecular weight excluding hydrogens is 510 g/mol. The van der Waals surface area contributed by atoms with Gasteiger partial charge in [-0.3, -0.25) is 5.32 Å². The molecule has 1 aromatic heterocycles. The number of amides is 2. The van der Waals surface area contributed by atoms with Gasteiger partial charge in [-0.2, -0.15) is 4.98 Å². The number of nitrogens with zero attached hydrogens (tertiary/aromatic N) is 4. The standard InChI is InChI=1S/C30H45N5O5/c1-8-9-10-11-12-13-14-21-15-17-22(18-16-21)24-31-25(40-34-24)23-19-20-35(23)26(32-27(36)38-29(2,3)4)33-28(37)39-30(5,6)7/h15-18,23H,8-14,19-20H2,1-7H3,(H,32,33,36,37)/t23-/m0/s1. The summed E-state index contributed by atoms with van der Waals surface area (Å²) >= 11 is 0. The second kappa shape index (κ2) is 13.8. The second-order valence-electron chi connectivity index (χ2n) is 12.2. The summed E-state index contributed by atoms with van der Waals surface area (Å²) in [6, 6.07) is 7.90. The van der Waals surface area contributed by atoms with E-state index < -0.39 is 23.4 Å². The van der Waals surface area contributed by atoms with Crippen LogP contribution in [0.2, 0.25) is 0 Å². The highest BCUT2D eigenvalue weighted by molar-refractivity contribution is 5.99. The largest absolute Gasteiger partial charge is 0.444 e. The molecule has 1 saturated heterocycles. The van der Waals surface area contributed by atoms with E-state index in [2.05, 4.69) is 39.5 Å². The van der Waals surface area contributed by atoms with E-state index >= 15 is 0 Å². The molecule has 2 amide bonds. The molecule has 1 aliphatic heterocycles. The molecule has 10 heteroatoms. The smallest absolute Gasteiger partial charge is 0.437 e. The highest BCUT2D eigenvalue weighted by atomic mass is 16.6. The predicted molar refractivity (Wildman–Crippen MR) is 154 cm³/mol. The van der Waals surface area contributed by atoms with Gasteiger partial charge in [0.05, 0.1) is 0 Å². The Kier molecular flexibility index (Phi) is 10.7. The van der Waals surface area contributed by atoms with E-state index in [1.54, 1.807) is 46.4 Å². The summed E-state index contributed by atoms with van der Waals surface area (Å²) in [4.78, 5) is 35.4. The number of aliphatic imine (C=N–C) groups is 1. The van der Waals surface area contributed by atoms with Gasteiger partial charge in [-0.15, -0.1) is 4.99 Å². The van der Waals surface area contributed by atoms with Crippen molar-refractivity contribution in [2.75, 3.05) is 6.54 Å². The average Bonchev–Trinajstić information content (AvgIpc) is 3.27. The third-order valence-electron chi connectivity index (χ3n) is 6.25. The second-order valence-corrected chi connectivity index (χ2v) is 12.2. The number of unbranched alkanes of at least 4 members (excludes halogenated alkanes) is 5. The van der Waals surface area contributed by atoms with E-state index in [1.807, 2.05) is 12.1 Å². The first-order valence-electron chi connectivity index (χ1n) is 14.4. The van der Waals surface area contributed by atoms with Gasteiger partial charge in [0.25, 0.3) is 0 Å². The van der Waals surface area contributed by atoms with Crippen molar-refractivity contribution in [3.05, 3.63) is 35.7 Å². The molecule has 3 rings (SSSR count). The molecule has 0 saturated carbocycles. The van der Waals surface area contributed by atoms with Crippen LogP contribution in [0.15, 0.2) is 33.8 Å². The highest BCUT2D eigenvalue weighted by Crippen LogP contribution is 2.33. The number of likely N-dealkylation sites (tertiary alicyclic amines) is 1. The molecule has 1 aliphatic rings. The lowest BCUT2D eigenvalue weighted by molar-refractivity contribution is 0.0535. The first kappa shape index (κ1) is 31.1. The fourth-order valence-electron chi connectivity index (χ4n) is 4.25. The molecule has 0 aliphatic carbocycles. The van der Waals surface area contributed by atoms with Crippen LogP contribution in [0.3, 0.4) is 0 Å². The lowest BCUT2D eigenvalue weighted by Crippen LogP contribution is -2.53. The lowest BCUT2D eigenvalue weighted by atomic mass is 10.0. The molecule has 40 heavy (non-hydrogen) atoms. The molecule has 1 atom stereocenters. The van der Waals surface area contributed by atoms with Crippen LogP contribution in [0, 0.1) is 0 Å². The number of hydrogen-bond donors (Lipinski definition) is 1. The van der Waals surface area contributed by atoms with Crippen molar-refractivity contribution in [2.24, 2.45) is 4.99 Å². The molecule has 0 spiro atoms. The van der Waals surface area contributed by atoms with E-state index in [1.165, 1.54) is 44.1 Å². The molecular formula is C30H45N5O5. The zero-order chi connectivity index (χ0) is 29.3. The topological polar surface area (TPSA) is 119 Å². The zero-order valence-corrected chi connectivity index (χ0v) is 25.1. The number of aryl methyl sites for hydroxylation is 1. The van der Waals surface area contributed by atoms with Crippen LogP contribution in [0.5, 0.6) is 0 Å². The first-order chi connectivity index (χ1) is 18.8. The van der Waals surface area contributed by atoms with Gasteiger partial charge in [0, 0.05) is 12.1 Å². The van der Waals surface area contributed by atoms with Crippen molar-refractivity contribution >= 4 is 18.1 Å². The van der Waals surface area contributed by atoms with Gasteiger partial charge < -0.3 is 18.9 Å². The van der Waals surface area contributed by atoms with E-state index in [0.29, 0.717) is 24.7 Å². The molecule has 2 heterocycles.